The molecular weight excluding hydrogens is 258 g/mol. The zero-order valence-corrected chi connectivity index (χ0v) is 12.3. The van der Waals surface area contributed by atoms with Gasteiger partial charge in [0.1, 0.15) is 5.75 Å². The second-order valence-electron chi connectivity index (χ2n) is 4.71. The number of carbonyl (C=O) groups excluding carboxylic acids is 1. The molecule has 1 rings (SSSR count). The number of hydrogen-bond donors (Lipinski definition) is 2. The summed E-state index contributed by atoms with van der Waals surface area (Å²) < 4.78 is 10.3. The number of benzene rings is 1. The Morgan fingerprint density at radius 2 is 2.00 bits per heavy atom. The predicted octanol–water partition coefficient (Wildman–Crippen LogP) is 1.66. The molecule has 0 saturated heterocycles. The van der Waals surface area contributed by atoms with E-state index in [2.05, 4.69) is 5.32 Å². The molecule has 20 heavy (non-hydrogen) atoms. The molecule has 0 bridgehead atoms. The van der Waals surface area contributed by atoms with Gasteiger partial charge >= 0.3 is 0 Å². The van der Waals surface area contributed by atoms with Gasteiger partial charge in [-0.15, -0.1) is 0 Å². The molecule has 5 heteroatoms. The van der Waals surface area contributed by atoms with Gasteiger partial charge in [-0.3, -0.25) is 4.79 Å². The van der Waals surface area contributed by atoms with Crippen molar-refractivity contribution in [3.8, 4) is 5.75 Å². The van der Waals surface area contributed by atoms with Crippen LogP contribution in [-0.4, -0.2) is 37.4 Å². The van der Waals surface area contributed by atoms with Crippen molar-refractivity contribution in [1.82, 2.24) is 5.32 Å². The molecule has 0 heterocycles. The molecule has 0 aliphatic rings. The number of rotatable bonds is 8. The third-order valence-corrected chi connectivity index (χ3v) is 2.85. The molecule has 0 aliphatic heterocycles. The lowest BCUT2D eigenvalue weighted by atomic mass is 10.1. The summed E-state index contributed by atoms with van der Waals surface area (Å²) in [5.74, 6) is 0.416. The van der Waals surface area contributed by atoms with Crippen LogP contribution in [0.4, 0.5) is 0 Å². The quantitative estimate of drug-likeness (QED) is 0.760. The van der Waals surface area contributed by atoms with Gasteiger partial charge in [0.05, 0.1) is 12.7 Å². The molecule has 0 fully saturated rings. The van der Waals surface area contributed by atoms with E-state index in [4.69, 9.17) is 9.47 Å². The van der Waals surface area contributed by atoms with Crippen LogP contribution in [0.2, 0.25) is 0 Å². The lowest BCUT2D eigenvalue weighted by molar-refractivity contribution is -0.124. The molecule has 5 nitrogen and oxygen atoms in total. The van der Waals surface area contributed by atoms with E-state index in [-0.39, 0.29) is 18.6 Å². The molecule has 0 aliphatic carbocycles. The van der Waals surface area contributed by atoms with Crippen LogP contribution < -0.4 is 10.1 Å². The third kappa shape index (κ3) is 5.59. The Kier molecular flexibility index (Phi) is 7.04. The number of aliphatic hydroxyl groups is 1. The van der Waals surface area contributed by atoms with Crippen LogP contribution in [0.25, 0.3) is 0 Å². The first kappa shape index (κ1) is 16.5. The maximum atomic E-state index is 11.6. The molecular formula is C15H23NO4. The fraction of sp³-hybridized carbons (Fsp3) is 0.533. The maximum absolute atomic E-state index is 11.6. The van der Waals surface area contributed by atoms with Crippen molar-refractivity contribution in [2.75, 3.05) is 20.3 Å². The summed E-state index contributed by atoms with van der Waals surface area (Å²) in [6.07, 6.45) is 0.210. The minimum Gasteiger partial charge on any atom is -0.484 e. The second kappa shape index (κ2) is 8.55. The number of amides is 1. The molecule has 2 atom stereocenters. The van der Waals surface area contributed by atoms with Gasteiger partial charge in [0.25, 0.3) is 5.91 Å². The Balaban J connectivity index is 2.40. The number of carbonyl (C=O) groups is 1. The Bertz CT molecular complexity index is 405. The van der Waals surface area contributed by atoms with E-state index in [0.29, 0.717) is 18.8 Å². The fourth-order valence-corrected chi connectivity index (χ4v) is 1.78. The number of methoxy groups -OCH3 is 1. The van der Waals surface area contributed by atoms with Crippen LogP contribution in [-0.2, 0) is 9.53 Å². The van der Waals surface area contributed by atoms with Gasteiger partial charge in [0.15, 0.2) is 6.61 Å². The van der Waals surface area contributed by atoms with Crippen molar-refractivity contribution in [2.45, 2.75) is 32.4 Å². The smallest absolute Gasteiger partial charge is 0.258 e. The fourth-order valence-electron chi connectivity index (χ4n) is 1.78. The van der Waals surface area contributed by atoms with Crippen LogP contribution in [0.15, 0.2) is 24.3 Å². The SMILES string of the molecule is CC[C@@H](O)c1ccc(OCC(=O)NC(C)COC)cc1. The van der Waals surface area contributed by atoms with Crippen LogP contribution in [0.5, 0.6) is 5.75 Å². The minimum absolute atomic E-state index is 0.0380. The summed E-state index contributed by atoms with van der Waals surface area (Å²) in [6, 6.07) is 7.06. The largest absolute Gasteiger partial charge is 0.484 e. The molecule has 2 N–H and O–H groups in total. The van der Waals surface area contributed by atoms with Crippen LogP contribution in [0, 0.1) is 0 Å². The standard InChI is InChI=1S/C15H23NO4/c1-4-14(17)12-5-7-13(8-6-12)20-10-15(18)16-11(2)9-19-3/h5-8,11,14,17H,4,9-10H2,1-3H3,(H,16,18)/t11?,14-/m1/s1. The van der Waals surface area contributed by atoms with Crippen LogP contribution in [0.1, 0.15) is 31.9 Å². The van der Waals surface area contributed by atoms with E-state index >= 15 is 0 Å². The molecule has 0 saturated carbocycles. The van der Waals surface area contributed by atoms with Crippen molar-refractivity contribution in [3.05, 3.63) is 29.8 Å². The Morgan fingerprint density at radius 3 is 2.55 bits per heavy atom. The first-order valence-corrected chi connectivity index (χ1v) is 6.76. The Labute approximate surface area is 119 Å². The second-order valence-corrected chi connectivity index (χ2v) is 4.71. The van der Waals surface area contributed by atoms with Crippen molar-refractivity contribution >= 4 is 5.91 Å². The first-order chi connectivity index (χ1) is 9.56. The van der Waals surface area contributed by atoms with Gasteiger partial charge in [-0.2, -0.15) is 0 Å². The molecule has 1 aromatic rings. The van der Waals surface area contributed by atoms with E-state index in [0.717, 1.165) is 5.56 Å². The van der Waals surface area contributed by atoms with E-state index < -0.39 is 6.10 Å². The highest BCUT2D eigenvalue weighted by Gasteiger charge is 2.08. The Morgan fingerprint density at radius 1 is 1.35 bits per heavy atom. The third-order valence-electron chi connectivity index (χ3n) is 2.85. The summed E-state index contributed by atoms with van der Waals surface area (Å²) in [5, 5.41) is 12.4. The lowest BCUT2D eigenvalue weighted by Crippen LogP contribution is -2.38. The average Bonchev–Trinajstić information content (AvgIpc) is 2.45. The maximum Gasteiger partial charge on any atom is 0.258 e. The molecule has 1 unspecified atom stereocenters. The van der Waals surface area contributed by atoms with Gasteiger partial charge in [0, 0.05) is 13.2 Å². The van der Waals surface area contributed by atoms with E-state index in [1.165, 1.54) is 0 Å². The van der Waals surface area contributed by atoms with Crippen molar-refractivity contribution in [1.29, 1.82) is 0 Å². The van der Waals surface area contributed by atoms with Crippen LogP contribution in [0.3, 0.4) is 0 Å². The number of hydrogen-bond acceptors (Lipinski definition) is 4. The summed E-state index contributed by atoms with van der Waals surface area (Å²) in [4.78, 5) is 11.6. The monoisotopic (exact) mass is 281 g/mol. The molecule has 1 aromatic carbocycles. The van der Waals surface area contributed by atoms with Gasteiger partial charge in [-0.25, -0.2) is 0 Å². The summed E-state index contributed by atoms with van der Waals surface area (Å²) >= 11 is 0. The van der Waals surface area contributed by atoms with Gasteiger partial charge in [-0.05, 0) is 31.0 Å². The Hall–Kier alpha value is -1.59. The molecule has 0 spiro atoms. The van der Waals surface area contributed by atoms with E-state index in [9.17, 15) is 9.90 Å². The van der Waals surface area contributed by atoms with Gasteiger partial charge < -0.3 is 19.9 Å². The molecule has 112 valence electrons. The summed E-state index contributed by atoms with van der Waals surface area (Å²) in [6.45, 7) is 4.21. The van der Waals surface area contributed by atoms with E-state index in [1.54, 1.807) is 31.4 Å². The van der Waals surface area contributed by atoms with E-state index in [1.807, 2.05) is 13.8 Å². The van der Waals surface area contributed by atoms with Crippen molar-refractivity contribution < 1.29 is 19.4 Å². The topological polar surface area (TPSA) is 67.8 Å². The zero-order valence-electron chi connectivity index (χ0n) is 12.3. The molecule has 0 radical (unpaired) electrons. The number of aliphatic hydroxyl groups excluding tert-OH is 1. The zero-order chi connectivity index (χ0) is 15.0. The highest BCUT2D eigenvalue weighted by Crippen LogP contribution is 2.19. The van der Waals surface area contributed by atoms with Gasteiger partial charge in [-0.1, -0.05) is 19.1 Å². The summed E-state index contributed by atoms with van der Waals surface area (Å²) in [5.41, 5.74) is 0.845. The lowest BCUT2D eigenvalue weighted by Gasteiger charge is -2.13. The first-order valence-electron chi connectivity index (χ1n) is 6.76. The van der Waals surface area contributed by atoms with Crippen molar-refractivity contribution in [3.63, 3.8) is 0 Å². The number of nitrogens with one attached hydrogen (secondary N) is 1. The van der Waals surface area contributed by atoms with Crippen LogP contribution >= 0.6 is 0 Å². The van der Waals surface area contributed by atoms with Crippen molar-refractivity contribution in [2.24, 2.45) is 0 Å². The highest BCUT2D eigenvalue weighted by atomic mass is 16.5. The predicted molar refractivity (Wildman–Crippen MR) is 76.7 cm³/mol. The normalized spacial score (nSPS) is 13.6. The minimum atomic E-state index is -0.456. The number of ether oxygens (including phenoxy) is 2. The highest BCUT2D eigenvalue weighted by molar-refractivity contribution is 5.77. The summed E-state index contributed by atoms with van der Waals surface area (Å²) in [7, 11) is 1.59. The van der Waals surface area contributed by atoms with Gasteiger partial charge in [0.2, 0.25) is 0 Å². The molecule has 1 amide bonds. The average molecular weight is 281 g/mol. The molecule has 0 aromatic heterocycles.